The molecule has 0 aromatic carbocycles. The Kier molecular flexibility index (Phi) is 61.7. The summed E-state index contributed by atoms with van der Waals surface area (Å²) >= 11 is 0. The number of carbonyl (C=O) groups excluding carboxylic acids is 1. The fourth-order valence-corrected chi connectivity index (χ4v) is 9.82. The average molecular weight is 1020 g/mol. The quantitative estimate of drug-likeness (QED) is 0.0420. The summed E-state index contributed by atoms with van der Waals surface area (Å²) in [5.41, 5.74) is 0. The van der Waals surface area contributed by atoms with E-state index in [4.69, 9.17) is 0 Å². The summed E-state index contributed by atoms with van der Waals surface area (Å²) in [6.07, 6.45) is 93.2. The van der Waals surface area contributed by atoms with Crippen LogP contribution in [-0.4, -0.2) is 34.9 Å². The van der Waals surface area contributed by atoms with Crippen molar-refractivity contribution in [2.75, 3.05) is 6.61 Å². The van der Waals surface area contributed by atoms with Crippen molar-refractivity contribution < 1.29 is 15.0 Å². The van der Waals surface area contributed by atoms with Gasteiger partial charge in [0.05, 0.1) is 18.8 Å². The fourth-order valence-electron chi connectivity index (χ4n) is 9.82. The first kappa shape index (κ1) is 70.6. The lowest BCUT2D eigenvalue weighted by molar-refractivity contribution is -0.123. The van der Waals surface area contributed by atoms with Crippen molar-refractivity contribution in [3.8, 4) is 0 Å². The zero-order valence-corrected chi connectivity index (χ0v) is 48.9. The lowest BCUT2D eigenvalue weighted by Gasteiger charge is -2.22. The van der Waals surface area contributed by atoms with Crippen molar-refractivity contribution in [1.82, 2.24) is 5.32 Å². The highest BCUT2D eigenvalue weighted by molar-refractivity contribution is 5.76. The molecule has 0 aliphatic rings. The van der Waals surface area contributed by atoms with E-state index < -0.39 is 12.1 Å². The molecule has 0 aliphatic carbocycles. The van der Waals surface area contributed by atoms with Crippen LogP contribution >= 0.6 is 0 Å². The molecule has 0 aromatic rings. The molecule has 0 saturated heterocycles. The molecule has 73 heavy (non-hydrogen) atoms. The second-order valence-electron chi connectivity index (χ2n) is 21.8. The van der Waals surface area contributed by atoms with E-state index in [1.54, 1.807) is 0 Å². The summed E-state index contributed by atoms with van der Waals surface area (Å²) in [6, 6.07) is -0.543. The molecule has 0 bridgehead atoms. The van der Waals surface area contributed by atoms with Crippen LogP contribution in [0.25, 0.3) is 0 Å². The van der Waals surface area contributed by atoms with Crippen LogP contribution in [0.5, 0.6) is 0 Å². The monoisotopic (exact) mass is 1020 g/mol. The largest absolute Gasteiger partial charge is 0.394 e. The van der Waals surface area contributed by atoms with Crippen LogP contribution in [-0.2, 0) is 4.79 Å². The van der Waals surface area contributed by atoms with Gasteiger partial charge in [-0.3, -0.25) is 4.79 Å². The summed E-state index contributed by atoms with van der Waals surface area (Å²) in [6.45, 7) is 4.27. The normalized spacial score (nSPS) is 13.3. The smallest absolute Gasteiger partial charge is 0.220 e. The molecule has 0 aromatic heterocycles. The molecule has 0 radical (unpaired) electrons. The summed E-state index contributed by atoms with van der Waals surface area (Å²) in [4.78, 5) is 12.5. The van der Waals surface area contributed by atoms with Crippen LogP contribution in [0.4, 0.5) is 0 Å². The Bertz CT molecular complexity index is 1290. The summed E-state index contributed by atoms with van der Waals surface area (Å²) in [5, 5.41) is 23.4. The number of rotatable bonds is 59. The molecule has 424 valence electrons. The van der Waals surface area contributed by atoms with Gasteiger partial charge in [0.15, 0.2) is 0 Å². The van der Waals surface area contributed by atoms with Crippen LogP contribution in [0.15, 0.2) is 85.1 Å². The van der Waals surface area contributed by atoms with Gasteiger partial charge in [0.2, 0.25) is 5.91 Å². The number of nitrogens with one attached hydrogen (secondary N) is 1. The topological polar surface area (TPSA) is 69.6 Å². The lowest BCUT2D eigenvalue weighted by Crippen LogP contribution is -2.45. The van der Waals surface area contributed by atoms with Gasteiger partial charge in [-0.1, -0.05) is 336 Å². The number of carbonyl (C=O) groups is 1. The molecule has 3 N–H and O–H groups in total. The number of hydrogen-bond donors (Lipinski definition) is 3. The first-order valence-electron chi connectivity index (χ1n) is 32.3. The van der Waals surface area contributed by atoms with E-state index in [2.05, 4.69) is 104 Å². The first-order chi connectivity index (χ1) is 36.2. The average Bonchev–Trinajstić information content (AvgIpc) is 3.40. The molecule has 4 heteroatoms. The van der Waals surface area contributed by atoms with Crippen molar-refractivity contribution >= 4 is 5.91 Å². The molecule has 1 amide bonds. The van der Waals surface area contributed by atoms with E-state index in [-0.39, 0.29) is 12.5 Å². The van der Waals surface area contributed by atoms with Crippen molar-refractivity contribution in [3.63, 3.8) is 0 Å². The van der Waals surface area contributed by atoms with Gasteiger partial charge in [-0.2, -0.15) is 0 Å². The van der Waals surface area contributed by atoms with Gasteiger partial charge in [0, 0.05) is 6.42 Å². The minimum absolute atomic E-state index is 0.0311. The van der Waals surface area contributed by atoms with E-state index in [0.717, 1.165) is 70.6 Å². The zero-order valence-electron chi connectivity index (χ0n) is 48.9. The molecule has 0 spiro atoms. The van der Waals surface area contributed by atoms with Gasteiger partial charge >= 0.3 is 0 Å². The van der Waals surface area contributed by atoms with Crippen LogP contribution < -0.4 is 5.32 Å². The summed E-state index contributed by atoms with van der Waals surface area (Å²) in [7, 11) is 0. The molecule has 2 atom stereocenters. The predicted molar refractivity (Wildman–Crippen MR) is 327 cm³/mol. The van der Waals surface area contributed by atoms with E-state index >= 15 is 0 Å². The molecule has 0 rings (SSSR count). The van der Waals surface area contributed by atoms with Gasteiger partial charge in [0.25, 0.3) is 0 Å². The molecule has 4 nitrogen and oxygen atoms in total. The standard InChI is InChI=1S/C69H125NO3/c1-3-5-7-9-11-13-15-17-19-21-23-25-27-29-31-32-33-34-35-36-37-38-39-41-43-45-47-49-51-53-55-57-59-61-63-65-69(73)70-67(66-71)68(72)64-62-60-58-56-54-52-50-48-46-44-42-40-30-28-26-24-22-20-18-16-14-12-10-8-6-4-2/h5,7,11,13,17,19,23,25,29,31,33-34,36-37,67-68,71-72H,3-4,6,8-10,12,14-16,18,20-22,24,26-28,30,32,35,38-66H2,1-2H3,(H,70,73)/b7-5-,13-11-,19-17-,25-23-,31-29-,34-33-,37-36-. The second kappa shape index (κ2) is 63.9. The fraction of sp³-hybridized carbons (Fsp3) is 0.783. The predicted octanol–water partition coefficient (Wildman–Crippen LogP) is 21.9. The highest BCUT2D eigenvalue weighted by atomic mass is 16.3. The Morgan fingerprint density at radius 3 is 0.904 bits per heavy atom. The molecule has 0 heterocycles. The number of aliphatic hydroxyl groups is 2. The van der Waals surface area contributed by atoms with Crippen LogP contribution in [0.1, 0.15) is 328 Å². The minimum atomic E-state index is -0.665. The number of hydrogen-bond acceptors (Lipinski definition) is 3. The van der Waals surface area contributed by atoms with E-state index in [1.165, 1.54) is 231 Å². The van der Waals surface area contributed by atoms with Crippen LogP contribution in [0, 0.1) is 0 Å². The number of unbranched alkanes of at least 4 members (excludes halogenated alkanes) is 38. The van der Waals surface area contributed by atoms with Crippen molar-refractivity contribution in [3.05, 3.63) is 85.1 Å². The Hall–Kier alpha value is -2.43. The summed E-state index contributed by atoms with van der Waals surface area (Å²) < 4.78 is 0. The van der Waals surface area contributed by atoms with Gasteiger partial charge in [-0.15, -0.1) is 0 Å². The maximum Gasteiger partial charge on any atom is 0.220 e. The minimum Gasteiger partial charge on any atom is -0.394 e. The number of allylic oxidation sites excluding steroid dienone is 14. The lowest BCUT2D eigenvalue weighted by atomic mass is 10.0. The van der Waals surface area contributed by atoms with Gasteiger partial charge < -0.3 is 15.5 Å². The molecule has 0 aliphatic heterocycles. The maximum atomic E-state index is 12.5. The van der Waals surface area contributed by atoms with Crippen molar-refractivity contribution in [1.29, 1.82) is 0 Å². The Morgan fingerprint density at radius 1 is 0.342 bits per heavy atom. The van der Waals surface area contributed by atoms with Crippen LogP contribution in [0.2, 0.25) is 0 Å². The SMILES string of the molecule is CC/C=C\C/C=C\C/C=C\C/C=C\C/C=C\C/C=C\C/C=C\CCCCCCCCCCCCCCCC(=O)NC(CO)C(O)CCCCCCCCCCCCCCCCCCCCCCCCCCCC. The van der Waals surface area contributed by atoms with Gasteiger partial charge in [-0.25, -0.2) is 0 Å². The third-order valence-electron chi connectivity index (χ3n) is 14.7. The molecule has 0 saturated carbocycles. The molecular weight excluding hydrogens is 891 g/mol. The van der Waals surface area contributed by atoms with E-state index in [1.807, 2.05) is 0 Å². The maximum absolute atomic E-state index is 12.5. The molecule has 2 unspecified atom stereocenters. The highest BCUT2D eigenvalue weighted by Crippen LogP contribution is 2.18. The number of aliphatic hydroxyl groups excluding tert-OH is 2. The van der Waals surface area contributed by atoms with Gasteiger partial charge in [-0.05, 0) is 70.6 Å². The Labute approximate surface area is 456 Å². The first-order valence-corrected chi connectivity index (χ1v) is 32.3. The highest BCUT2D eigenvalue weighted by Gasteiger charge is 2.20. The van der Waals surface area contributed by atoms with Crippen molar-refractivity contribution in [2.45, 2.75) is 341 Å². The zero-order chi connectivity index (χ0) is 52.7. The van der Waals surface area contributed by atoms with E-state index in [9.17, 15) is 15.0 Å². The second-order valence-corrected chi connectivity index (χ2v) is 21.8. The Balaban J connectivity index is 3.48. The third kappa shape index (κ3) is 60.3. The molecule has 0 fully saturated rings. The van der Waals surface area contributed by atoms with Crippen molar-refractivity contribution in [2.24, 2.45) is 0 Å². The molecular formula is C69H125NO3. The number of amides is 1. The summed E-state index contributed by atoms with van der Waals surface area (Å²) in [5.74, 6) is -0.0311. The van der Waals surface area contributed by atoms with Crippen LogP contribution in [0.3, 0.4) is 0 Å². The Morgan fingerprint density at radius 2 is 0.603 bits per heavy atom. The van der Waals surface area contributed by atoms with Gasteiger partial charge in [0.1, 0.15) is 0 Å². The third-order valence-corrected chi connectivity index (χ3v) is 14.7. The van der Waals surface area contributed by atoms with E-state index in [0.29, 0.717) is 12.8 Å².